The lowest BCUT2D eigenvalue weighted by Gasteiger charge is -2.37. The molecule has 5 nitrogen and oxygen atoms in total. The molecule has 0 saturated carbocycles. The highest BCUT2D eigenvalue weighted by Gasteiger charge is 2.29. The van der Waals surface area contributed by atoms with Gasteiger partial charge in [0.15, 0.2) is 9.84 Å². The van der Waals surface area contributed by atoms with Gasteiger partial charge in [-0.3, -0.25) is 9.69 Å². The van der Waals surface area contributed by atoms with Gasteiger partial charge >= 0.3 is 5.97 Å². The molecule has 7 heteroatoms. The van der Waals surface area contributed by atoms with Crippen LogP contribution < -0.4 is 0 Å². The Morgan fingerprint density at radius 1 is 1.15 bits per heavy atom. The van der Waals surface area contributed by atoms with Crippen molar-refractivity contribution in [2.24, 2.45) is 0 Å². The number of fused-ring (bicyclic) bond motifs is 1. The topological polar surface area (TPSA) is 74.7 Å². The van der Waals surface area contributed by atoms with Crippen LogP contribution in [0.1, 0.15) is 22.7 Å². The Labute approximate surface area is 158 Å². The summed E-state index contributed by atoms with van der Waals surface area (Å²) < 4.78 is 24.0. The summed E-state index contributed by atoms with van der Waals surface area (Å²) >= 11 is 6.11. The van der Waals surface area contributed by atoms with E-state index in [9.17, 15) is 13.2 Å². The normalized spacial score (nSPS) is 17.7. The van der Waals surface area contributed by atoms with E-state index in [1.807, 2.05) is 48.5 Å². The Kier molecular flexibility index (Phi) is 5.65. The maximum Gasteiger partial charge on any atom is 0.318 e. The van der Waals surface area contributed by atoms with Crippen LogP contribution in [0, 0.1) is 0 Å². The molecule has 0 aliphatic carbocycles. The number of carbonyl (C=O) groups is 1. The summed E-state index contributed by atoms with van der Waals surface area (Å²) in [5.41, 5.74) is 3.40. The first-order valence-corrected chi connectivity index (χ1v) is 10.5. The van der Waals surface area contributed by atoms with Crippen molar-refractivity contribution in [2.45, 2.75) is 19.0 Å². The first kappa shape index (κ1) is 18.9. The van der Waals surface area contributed by atoms with Crippen molar-refractivity contribution in [3.05, 3.63) is 70.2 Å². The number of carboxylic acids is 1. The Morgan fingerprint density at radius 2 is 1.88 bits per heavy atom. The van der Waals surface area contributed by atoms with Gasteiger partial charge in [0.05, 0.1) is 5.75 Å². The Balaban J connectivity index is 1.85. The van der Waals surface area contributed by atoms with Gasteiger partial charge in [-0.2, -0.15) is 0 Å². The lowest BCUT2D eigenvalue weighted by atomic mass is 9.90. The van der Waals surface area contributed by atoms with E-state index in [2.05, 4.69) is 4.90 Å². The fraction of sp³-hybridized carbons (Fsp3) is 0.316. The summed E-state index contributed by atoms with van der Waals surface area (Å²) in [5.74, 6) is -2.34. The van der Waals surface area contributed by atoms with Gasteiger partial charge in [-0.1, -0.05) is 48.0 Å². The van der Waals surface area contributed by atoms with Crippen molar-refractivity contribution in [1.82, 2.24) is 4.90 Å². The molecule has 1 atom stereocenters. The molecule has 1 aliphatic heterocycles. The zero-order valence-electron chi connectivity index (χ0n) is 14.1. The van der Waals surface area contributed by atoms with Gasteiger partial charge in [-0.25, -0.2) is 8.42 Å². The van der Waals surface area contributed by atoms with E-state index in [0.717, 1.165) is 17.5 Å². The second-order valence-corrected chi connectivity index (χ2v) is 9.12. The van der Waals surface area contributed by atoms with Crippen LogP contribution in [-0.2, 0) is 27.6 Å². The van der Waals surface area contributed by atoms with Gasteiger partial charge in [0, 0.05) is 24.2 Å². The summed E-state index contributed by atoms with van der Waals surface area (Å²) in [6.45, 7) is 0.860. The van der Waals surface area contributed by atoms with Crippen molar-refractivity contribution >= 4 is 27.4 Å². The molecule has 1 unspecified atom stereocenters. The number of hydrogen-bond acceptors (Lipinski definition) is 4. The number of sulfone groups is 1. The van der Waals surface area contributed by atoms with Crippen molar-refractivity contribution < 1.29 is 18.3 Å². The molecular formula is C19H20ClNO4S. The van der Waals surface area contributed by atoms with Crippen LogP contribution in [0.4, 0.5) is 0 Å². The number of rotatable bonds is 6. The summed E-state index contributed by atoms with van der Waals surface area (Å²) in [6, 6.07) is 15.8. The minimum absolute atomic E-state index is 0.0462. The molecule has 0 saturated heterocycles. The number of hydrogen-bond donors (Lipinski definition) is 1. The van der Waals surface area contributed by atoms with Crippen LogP contribution in [0.25, 0.3) is 0 Å². The van der Waals surface area contributed by atoms with E-state index in [1.54, 1.807) is 0 Å². The third-order valence-electron chi connectivity index (χ3n) is 4.61. The molecule has 0 spiro atoms. The lowest BCUT2D eigenvalue weighted by molar-refractivity contribution is -0.134. The minimum Gasteiger partial charge on any atom is -0.480 e. The molecule has 3 rings (SSSR count). The Bertz CT molecular complexity index is 899. The van der Waals surface area contributed by atoms with Crippen molar-refractivity contribution in [3.8, 4) is 0 Å². The number of nitrogens with zero attached hydrogens (tertiary/aromatic N) is 1. The molecule has 138 valence electrons. The van der Waals surface area contributed by atoms with Crippen LogP contribution in [0.15, 0.2) is 48.5 Å². The van der Waals surface area contributed by atoms with Crippen LogP contribution in [0.5, 0.6) is 0 Å². The highest BCUT2D eigenvalue weighted by Crippen LogP contribution is 2.34. The highest BCUT2D eigenvalue weighted by atomic mass is 35.5. The summed E-state index contributed by atoms with van der Waals surface area (Å²) in [7, 11) is -3.64. The van der Waals surface area contributed by atoms with Crippen LogP contribution in [0.2, 0.25) is 5.02 Å². The maximum absolute atomic E-state index is 12.0. The monoisotopic (exact) mass is 393 g/mol. The molecule has 0 aromatic heterocycles. The summed E-state index contributed by atoms with van der Waals surface area (Å²) in [4.78, 5) is 12.8. The van der Waals surface area contributed by atoms with Gasteiger partial charge in [0.25, 0.3) is 0 Å². The van der Waals surface area contributed by atoms with Gasteiger partial charge in [-0.15, -0.1) is 0 Å². The third-order valence-corrected chi connectivity index (χ3v) is 6.34. The predicted octanol–water partition coefficient (Wildman–Crippen LogP) is 2.94. The largest absolute Gasteiger partial charge is 0.480 e. The van der Waals surface area contributed by atoms with Gasteiger partial charge < -0.3 is 5.11 Å². The standard InChI is InChI=1S/C19H20ClNO4S/c20-17-7-6-15-11-18(14-4-2-1-3-5-14)21(12-16(15)10-17)8-9-26(24,25)13-19(22)23/h1-7,10,18H,8-9,11-13H2,(H,22,23). The van der Waals surface area contributed by atoms with Crippen LogP contribution >= 0.6 is 11.6 Å². The zero-order valence-corrected chi connectivity index (χ0v) is 15.7. The van der Waals surface area contributed by atoms with Gasteiger partial charge in [0.1, 0.15) is 5.75 Å². The smallest absolute Gasteiger partial charge is 0.318 e. The molecule has 2 aromatic rings. The second-order valence-electron chi connectivity index (χ2n) is 6.50. The molecule has 1 N–H and O–H groups in total. The Morgan fingerprint density at radius 3 is 2.58 bits per heavy atom. The maximum atomic E-state index is 12.0. The van der Waals surface area contributed by atoms with E-state index >= 15 is 0 Å². The first-order valence-electron chi connectivity index (χ1n) is 8.32. The van der Waals surface area contributed by atoms with Gasteiger partial charge in [-0.05, 0) is 35.2 Å². The number of benzene rings is 2. The SMILES string of the molecule is O=C(O)CS(=O)(=O)CCN1Cc2cc(Cl)ccc2CC1c1ccccc1. The van der Waals surface area contributed by atoms with E-state index < -0.39 is 21.6 Å². The highest BCUT2D eigenvalue weighted by molar-refractivity contribution is 7.92. The van der Waals surface area contributed by atoms with Crippen LogP contribution in [-0.4, -0.2) is 42.4 Å². The molecule has 2 aromatic carbocycles. The minimum atomic E-state index is -3.64. The van der Waals surface area contributed by atoms with E-state index in [4.69, 9.17) is 16.7 Å². The zero-order chi connectivity index (χ0) is 18.7. The second kappa shape index (κ2) is 7.78. The number of aliphatic carboxylic acids is 1. The average Bonchev–Trinajstić information content (AvgIpc) is 2.59. The number of halogens is 1. The molecule has 1 aliphatic rings. The quantitative estimate of drug-likeness (QED) is 0.816. The molecule has 0 amide bonds. The predicted molar refractivity (Wildman–Crippen MR) is 101 cm³/mol. The lowest BCUT2D eigenvalue weighted by Crippen LogP contribution is -2.38. The van der Waals surface area contributed by atoms with E-state index in [-0.39, 0.29) is 18.3 Å². The molecule has 26 heavy (non-hydrogen) atoms. The molecule has 0 radical (unpaired) electrons. The van der Waals surface area contributed by atoms with Crippen LogP contribution in [0.3, 0.4) is 0 Å². The number of carboxylic acid groups (broad SMARTS) is 1. The molecule has 0 fully saturated rings. The molecule has 1 heterocycles. The fourth-order valence-corrected chi connectivity index (χ4v) is 4.59. The molecule has 0 bridgehead atoms. The summed E-state index contributed by atoms with van der Waals surface area (Å²) in [5, 5.41) is 9.42. The fourth-order valence-electron chi connectivity index (χ4n) is 3.36. The van der Waals surface area contributed by atoms with E-state index in [0.29, 0.717) is 11.6 Å². The molecular weight excluding hydrogens is 374 g/mol. The first-order chi connectivity index (χ1) is 12.3. The van der Waals surface area contributed by atoms with Crippen molar-refractivity contribution in [2.75, 3.05) is 18.1 Å². The summed E-state index contributed by atoms with van der Waals surface area (Å²) in [6.07, 6.45) is 0.759. The average molecular weight is 394 g/mol. The third kappa shape index (κ3) is 4.63. The van der Waals surface area contributed by atoms with Gasteiger partial charge in [0.2, 0.25) is 0 Å². The van der Waals surface area contributed by atoms with E-state index in [1.165, 1.54) is 5.56 Å². The Hall–Kier alpha value is -1.89. The van der Waals surface area contributed by atoms with Crippen molar-refractivity contribution in [3.63, 3.8) is 0 Å². The van der Waals surface area contributed by atoms with Crippen molar-refractivity contribution in [1.29, 1.82) is 0 Å².